The van der Waals surface area contributed by atoms with Crippen molar-refractivity contribution in [2.75, 3.05) is 12.3 Å². The summed E-state index contributed by atoms with van der Waals surface area (Å²) in [4.78, 5) is 24.4. The van der Waals surface area contributed by atoms with Crippen LogP contribution in [0.25, 0.3) is 0 Å². The molecule has 1 unspecified atom stereocenters. The van der Waals surface area contributed by atoms with Gasteiger partial charge >= 0.3 is 5.97 Å². The summed E-state index contributed by atoms with van der Waals surface area (Å²) in [5, 5.41) is 9.17. The molecule has 0 radical (unpaired) electrons. The normalized spacial score (nSPS) is 27.2. The zero-order valence-corrected chi connectivity index (χ0v) is 10.0. The summed E-state index contributed by atoms with van der Waals surface area (Å²) in [5.74, 6) is 0.505. The predicted molar refractivity (Wildman–Crippen MR) is 62.4 cm³/mol. The van der Waals surface area contributed by atoms with Crippen molar-refractivity contribution in [1.29, 1.82) is 0 Å². The Morgan fingerprint density at radius 2 is 2.19 bits per heavy atom. The van der Waals surface area contributed by atoms with Crippen molar-refractivity contribution in [1.82, 2.24) is 4.90 Å². The Morgan fingerprint density at radius 1 is 1.50 bits per heavy atom. The van der Waals surface area contributed by atoms with E-state index in [1.54, 1.807) is 4.90 Å². The van der Waals surface area contributed by atoms with Gasteiger partial charge in [-0.1, -0.05) is 12.8 Å². The molecule has 1 amide bonds. The number of likely N-dealkylation sites (tertiary alicyclic amines) is 1. The highest BCUT2D eigenvalue weighted by Gasteiger charge is 2.39. The summed E-state index contributed by atoms with van der Waals surface area (Å²) in [6, 6.07) is -0.607. The molecule has 0 aromatic rings. The first-order valence-corrected chi connectivity index (χ1v) is 6.38. The maximum Gasteiger partial charge on any atom is 0.326 e. The average molecular weight is 243 g/mol. The Morgan fingerprint density at radius 3 is 2.62 bits per heavy atom. The Kier molecular flexibility index (Phi) is 3.42. The molecule has 0 aromatic heterocycles. The molecule has 0 bridgehead atoms. The van der Waals surface area contributed by atoms with Crippen LogP contribution < -0.4 is 0 Å². The van der Waals surface area contributed by atoms with E-state index in [4.69, 9.17) is 0 Å². The molecule has 16 heavy (non-hydrogen) atoms. The van der Waals surface area contributed by atoms with Gasteiger partial charge in [-0.3, -0.25) is 4.79 Å². The first-order valence-electron chi connectivity index (χ1n) is 5.75. The number of amides is 1. The van der Waals surface area contributed by atoms with Crippen LogP contribution in [-0.4, -0.2) is 40.2 Å². The van der Waals surface area contributed by atoms with Crippen molar-refractivity contribution in [3.63, 3.8) is 0 Å². The zero-order chi connectivity index (χ0) is 11.7. The van der Waals surface area contributed by atoms with Crippen molar-refractivity contribution < 1.29 is 14.7 Å². The lowest BCUT2D eigenvalue weighted by molar-refractivity contribution is -0.148. The number of carboxylic acids is 1. The van der Waals surface area contributed by atoms with E-state index in [1.807, 2.05) is 0 Å². The summed E-state index contributed by atoms with van der Waals surface area (Å²) in [6.45, 7) is 0.562. The Balaban J connectivity index is 2.01. The minimum absolute atomic E-state index is 0.0212. The average Bonchev–Trinajstić information content (AvgIpc) is 2.98. The lowest BCUT2D eigenvalue weighted by atomic mass is 10.1. The number of rotatable bonds is 5. The van der Waals surface area contributed by atoms with Gasteiger partial charge in [0, 0.05) is 13.0 Å². The van der Waals surface area contributed by atoms with Crippen LogP contribution in [0.3, 0.4) is 0 Å². The fourth-order valence-electron chi connectivity index (χ4n) is 2.26. The van der Waals surface area contributed by atoms with Gasteiger partial charge in [0.1, 0.15) is 6.04 Å². The third-order valence-corrected chi connectivity index (χ3v) is 3.93. The summed E-state index contributed by atoms with van der Waals surface area (Å²) in [5.41, 5.74) is 0. The number of carbonyl (C=O) groups excluding carboxylic acids is 1. The zero-order valence-electron chi connectivity index (χ0n) is 9.13. The highest BCUT2D eigenvalue weighted by molar-refractivity contribution is 7.80. The minimum Gasteiger partial charge on any atom is -0.480 e. The van der Waals surface area contributed by atoms with E-state index in [0.29, 0.717) is 31.1 Å². The SMILES string of the molecule is O=C(O)[C@H](CC1CC1)N1CC(CS)CC1=O. The van der Waals surface area contributed by atoms with Crippen molar-refractivity contribution in [2.24, 2.45) is 11.8 Å². The molecule has 0 aromatic carbocycles. The monoisotopic (exact) mass is 243 g/mol. The second-order valence-corrected chi connectivity index (χ2v) is 5.20. The number of carboxylic acid groups (broad SMARTS) is 1. The fourth-order valence-corrected chi connectivity index (χ4v) is 2.51. The molecule has 1 saturated carbocycles. The standard InChI is InChI=1S/C11H17NO3S/c13-10-4-8(6-16)5-12(10)9(11(14)15)3-7-1-2-7/h7-9,16H,1-6H2,(H,14,15)/t8?,9-/m0/s1. The van der Waals surface area contributed by atoms with E-state index in [9.17, 15) is 14.7 Å². The van der Waals surface area contributed by atoms with Crippen LogP contribution in [0.2, 0.25) is 0 Å². The van der Waals surface area contributed by atoms with E-state index >= 15 is 0 Å². The van der Waals surface area contributed by atoms with Crippen LogP contribution in [0.4, 0.5) is 0 Å². The third kappa shape index (κ3) is 2.51. The Hall–Kier alpha value is -0.710. The van der Waals surface area contributed by atoms with Gasteiger partial charge in [0.25, 0.3) is 0 Å². The first kappa shape index (κ1) is 11.8. The number of nitrogens with zero attached hydrogens (tertiary/aromatic N) is 1. The van der Waals surface area contributed by atoms with Gasteiger partial charge in [0.05, 0.1) is 0 Å². The highest BCUT2D eigenvalue weighted by Crippen LogP contribution is 2.36. The van der Waals surface area contributed by atoms with Crippen molar-refractivity contribution in [3.05, 3.63) is 0 Å². The molecule has 2 atom stereocenters. The minimum atomic E-state index is -0.861. The van der Waals surface area contributed by atoms with Gasteiger partial charge in [0.15, 0.2) is 0 Å². The molecule has 90 valence electrons. The molecule has 2 fully saturated rings. The lowest BCUT2D eigenvalue weighted by Gasteiger charge is -2.24. The molecule has 1 N–H and O–H groups in total. The summed E-state index contributed by atoms with van der Waals surface area (Å²) in [7, 11) is 0. The number of hydrogen-bond acceptors (Lipinski definition) is 3. The van der Waals surface area contributed by atoms with Gasteiger partial charge in [-0.15, -0.1) is 0 Å². The third-order valence-electron chi connectivity index (χ3n) is 3.41. The fraction of sp³-hybridized carbons (Fsp3) is 0.818. The van der Waals surface area contributed by atoms with Crippen molar-refractivity contribution in [2.45, 2.75) is 31.7 Å². The van der Waals surface area contributed by atoms with Crippen molar-refractivity contribution >= 4 is 24.5 Å². The molecule has 1 aliphatic heterocycles. The van der Waals surface area contributed by atoms with Crippen LogP contribution in [0.15, 0.2) is 0 Å². The summed E-state index contributed by atoms with van der Waals surface area (Å²) in [6.07, 6.45) is 3.31. The Labute approximate surface area is 100 Å². The molecule has 4 nitrogen and oxygen atoms in total. The number of hydrogen-bond donors (Lipinski definition) is 2. The van der Waals surface area contributed by atoms with Crippen LogP contribution in [-0.2, 0) is 9.59 Å². The second-order valence-electron chi connectivity index (χ2n) is 4.83. The molecular weight excluding hydrogens is 226 g/mol. The van der Waals surface area contributed by atoms with Crippen LogP contribution >= 0.6 is 12.6 Å². The molecule has 2 aliphatic rings. The molecular formula is C11H17NO3S. The molecule has 1 aliphatic carbocycles. The van der Waals surface area contributed by atoms with Crippen LogP contribution in [0.5, 0.6) is 0 Å². The number of aliphatic carboxylic acids is 1. The predicted octanol–water partition coefficient (Wildman–Crippen LogP) is 1.02. The maximum absolute atomic E-state index is 11.7. The maximum atomic E-state index is 11.7. The molecule has 2 rings (SSSR count). The summed E-state index contributed by atoms with van der Waals surface area (Å²) >= 11 is 4.17. The van der Waals surface area contributed by atoms with E-state index < -0.39 is 12.0 Å². The smallest absolute Gasteiger partial charge is 0.326 e. The molecule has 1 heterocycles. The molecule has 0 spiro atoms. The van der Waals surface area contributed by atoms with E-state index in [-0.39, 0.29) is 11.8 Å². The second kappa shape index (κ2) is 4.65. The van der Waals surface area contributed by atoms with E-state index in [2.05, 4.69) is 12.6 Å². The lowest BCUT2D eigenvalue weighted by Crippen LogP contribution is -2.42. The van der Waals surface area contributed by atoms with Crippen molar-refractivity contribution in [3.8, 4) is 0 Å². The summed E-state index contributed by atoms with van der Waals surface area (Å²) < 4.78 is 0. The van der Waals surface area contributed by atoms with Crippen LogP contribution in [0.1, 0.15) is 25.7 Å². The number of carbonyl (C=O) groups is 2. The van der Waals surface area contributed by atoms with E-state index in [1.165, 1.54) is 0 Å². The molecule has 5 heteroatoms. The van der Waals surface area contributed by atoms with Gasteiger partial charge < -0.3 is 10.0 Å². The van der Waals surface area contributed by atoms with Gasteiger partial charge in [0.2, 0.25) is 5.91 Å². The van der Waals surface area contributed by atoms with Crippen LogP contribution in [0, 0.1) is 11.8 Å². The topological polar surface area (TPSA) is 57.6 Å². The quantitative estimate of drug-likeness (QED) is 0.709. The largest absolute Gasteiger partial charge is 0.480 e. The Bertz CT molecular complexity index is 304. The van der Waals surface area contributed by atoms with Gasteiger partial charge in [-0.25, -0.2) is 4.79 Å². The number of thiol groups is 1. The highest BCUT2D eigenvalue weighted by atomic mass is 32.1. The van der Waals surface area contributed by atoms with E-state index in [0.717, 1.165) is 12.8 Å². The molecule has 1 saturated heterocycles. The van der Waals surface area contributed by atoms with Gasteiger partial charge in [-0.05, 0) is 24.0 Å². The van der Waals surface area contributed by atoms with Gasteiger partial charge in [-0.2, -0.15) is 12.6 Å². The first-order chi connectivity index (χ1) is 7.61.